The molecule has 1 heterocycles. The second kappa shape index (κ2) is 11.8. The summed E-state index contributed by atoms with van der Waals surface area (Å²) in [5, 5.41) is 15.2. The van der Waals surface area contributed by atoms with Gasteiger partial charge in [0.2, 0.25) is 5.91 Å². The van der Waals surface area contributed by atoms with Gasteiger partial charge in [-0.15, -0.1) is 11.8 Å². The molecule has 1 saturated heterocycles. The van der Waals surface area contributed by atoms with Crippen LogP contribution in [0.1, 0.15) is 31.7 Å². The molecule has 2 aromatic carbocycles. The van der Waals surface area contributed by atoms with Crippen LogP contribution in [0.4, 0.5) is 10.5 Å². The Morgan fingerprint density at radius 2 is 1.81 bits per heavy atom. The van der Waals surface area contributed by atoms with Gasteiger partial charge < -0.3 is 34.9 Å². The van der Waals surface area contributed by atoms with Crippen molar-refractivity contribution in [3.8, 4) is 5.75 Å². The van der Waals surface area contributed by atoms with Gasteiger partial charge in [-0.1, -0.05) is 36.4 Å². The van der Waals surface area contributed by atoms with E-state index in [0.29, 0.717) is 11.4 Å². The normalized spacial score (nSPS) is 17.2. The number of anilines is 1. The summed E-state index contributed by atoms with van der Waals surface area (Å²) in [4.78, 5) is 50.6. The molecular formula is C25H28N3O7S-. The first kappa shape index (κ1) is 26.9. The number of hydrogen-bond acceptors (Lipinski definition) is 8. The van der Waals surface area contributed by atoms with Crippen LogP contribution in [0, 0.1) is 0 Å². The second-order valence-corrected chi connectivity index (χ2v) is 10.1. The molecule has 3 rings (SSSR count). The van der Waals surface area contributed by atoms with Gasteiger partial charge in [0.05, 0.1) is 12.5 Å². The van der Waals surface area contributed by atoms with Crippen LogP contribution in [0.25, 0.3) is 0 Å². The number of nitrogens with zero attached hydrogens (tertiary/aromatic N) is 1. The van der Waals surface area contributed by atoms with Crippen LogP contribution >= 0.6 is 11.8 Å². The number of aliphatic carboxylic acids is 1. The number of esters is 1. The lowest BCUT2D eigenvalue weighted by atomic mass is 10.1. The van der Waals surface area contributed by atoms with E-state index < -0.39 is 47.5 Å². The highest BCUT2D eigenvalue weighted by Crippen LogP contribution is 2.41. The van der Waals surface area contributed by atoms with E-state index in [1.807, 2.05) is 30.3 Å². The minimum atomic E-state index is -1.37. The number of carbonyl (C=O) groups is 4. The summed E-state index contributed by atoms with van der Waals surface area (Å²) in [6.07, 6.45) is 0. The van der Waals surface area contributed by atoms with Crippen molar-refractivity contribution in [1.29, 1.82) is 0 Å². The number of rotatable bonds is 8. The zero-order chi connectivity index (χ0) is 26.3. The van der Waals surface area contributed by atoms with Crippen molar-refractivity contribution in [3.05, 3.63) is 60.2 Å². The first-order chi connectivity index (χ1) is 17.0. The predicted octanol–water partition coefficient (Wildman–Crippen LogP) is 1.92. The first-order valence-electron chi connectivity index (χ1n) is 11.2. The molecule has 11 heteroatoms. The summed E-state index contributed by atoms with van der Waals surface area (Å²) < 4.78 is 10.6. The van der Waals surface area contributed by atoms with E-state index in [-0.39, 0.29) is 12.3 Å². The number of carboxylic acid groups (broad SMARTS) is 1. The molecule has 0 aromatic heterocycles. The fraction of sp³-hybridized carbons (Fsp3) is 0.360. The average molecular weight is 515 g/mol. The molecule has 36 heavy (non-hydrogen) atoms. The predicted molar refractivity (Wildman–Crippen MR) is 132 cm³/mol. The Balaban J connectivity index is 1.67. The number of amides is 3. The molecule has 0 bridgehead atoms. The Kier molecular flexibility index (Phi) is 8.81. The highest BCUT2D eigenvalue weighted by Gasteiger charge is 2.43. The van der Waals surface area contributed by atoms with Gasteiger partial charge in [0.25, 0.3) is 0 Å². The number of thioether (sulfide) groups is 1. The van der Waals surface area contributed by atoms with Gasteiger partial charge in [-0.2, -0.15) is 0 Å². The van der Waals surface area contributed by atoms with Gasteiger partial charge in [-0.3, -0.25) is 4.79 Å². The van der Waals surface area contributed by atoms with Crippen LogP contribution in [0.5, 0.6) is 5.75 Å². The largest absolute Gasteiger partial charge is 0.546 e. The Bertz CT molecular complexity index is 1100. The van der Waals surface area contributed by atoms with E-state index in [4.69, 9.17) is 9.47 Å². The van der Waals surface area contributed by atoms with Crippen LogP contribution in [0.3, 0.4) is 0 Å². The molecule has 1 fully saturated rings. The summed E-state index contributed by atoms with van der Waals surface area (Å²) in [6.45, 7) is 4.31. The van der Waals surface area contributed by atoms with Gasteiger partial charge >= 0.3 is 12.0 Å². The Morgan fingerprint density at radius 1 is 1.08 bits per heavy atom. The monoisotopic (exact) mass is 514 g/mol. The van der Waals surface area contributed by atoms with Crippen LogP contribution < -0.4 is 20.5 Å². The van der Waals surface area contributed by atoms with Gasteiger partial charge in [-0.05, 0) is 38.5 Å². The van der Waals surface area contributed by atoms with Crippen molar-refractivity contribution in [2.45, 2.75) is 37.8 Å². The lowest BCUT2D eigenvalue weighted by Crippen LogP contribution is -2.49. The SMILES string of the molecule is CC(C)(C)OC(=O)C1CSC(c2ccccc2)N1C(=O)CNC(=O)Nc1cccc(OCC(=O)[O-])c1. The summed E-state index contributed by atoms with van der Waals surface area (Å²) in [5.41, 5.74) is 0.486. The maximum atomic E-state index is 13.3. The average Bonchev–Trinajstić information content (AvgIpc) is 3.27. The molecule has 1 aliphatic heterocycles. The molecule has 0 saturated carbocycles. The molecule has 192 valence electrons. The Hall–Kier alpha value is -3.73. The standard InChI is InChI=1S/C25H29N3O7S/c1-25(2,3)35-23(32)19-15-36-22(16-8-5-4-6-9-16)28(19)20(29)13-26-24(33)27-17-10-7-11-18(12-17)34-14-21(30)31/h4-12,19,22H,13-15H2,1-3H3,(H,30,31)(H2,26,27,33)/p-1. The third-order valence-electron chi connectivity index (χ3n) is 4.90. The van der Waals surface area contributed by atoms with E-state index >= 15 is 0 Å². The Labute approximate surface area is 213 Å². The molecule has 2 aromatic rings. The number of benzene rings is 2. The van der Waals surface area contributed by atoms with E-state index in [1.165, 1.54) is 28.8 Å². The van der Waals surface area contributed by atoms with Crippen molar-refractivity contribution in [1.82, 2.24) is 10.2 Å². The highest BCUT2D eigenvalue weighted by atomic mass is 32.2. The molecule has 2 atom stereocenters. The number of ether oxygens (including phenoxy) is 2. The quantitative estimate of drug-likeness (QED) is 0.510. The van der Waals surface area contributed by atoms with Crippen molar-refractivity contribution in [2.24, 2.45) is 0 Å². The summed E-state index contributed by atoms with van der Waals surface area (Å²) in [5.74, 6) is -1.72. The summed E-state index contributed by atoms with van der Waals surface area (Å²) in [7, 11) is 0. The van der Waals surface area contributed by atoms with E-state index in [2.05, 4.69) is 10.6 Å². The molecule has 0 aliphatic carbocycles. The maximum Gasteiger partial charge on any atom is 0.330 e. The Morgan fingerprint density at radius 3 is 2.47 bits per heavy atom. The van der Waals surface area contributed by atoms with Gasteiger partial charge in [-0.25, -0.2) is 9.59 Å². The number of nitrogens with one attached hydrogen (secondary N) is 2. The first-order valence-corrected chi connectivity index (χ1v) is 12.3. The zero-order valence-electron chi connectivity index (χ0n) is 20.2. The molecule has 10 nitrogen and oxygen atoms in total. The van der Waals surface area contributed by atoms with Crippen molar-refractivity contribution >= 4 is 41.3 Å². The van der Waals surface area contributed by atoms with Crippen LogP contribution in [0.15, 0.2) is 54.6 Å². The third-order valence-corrected chi connectivity index (χ3v) is 6.22. The van der Waals surface area contributed by atoms with E-state index in [1.54, 1.807) is 32.9 Å². The molecule has 0 spiro atoms. The number of carbonyl (C=O) groups excluding carboxylic acids is 4. The van der Waals surface area contributed by atoms with E-state index in [9.17, 15) is 24.3 Å². The number of carboxylic acids is 1. The summed E-state index contributed by atoms with van der Waals surface area (Å²) >= 11 is 1.46. The molecule has 0 radical (unpaired) electrons. The molecule has 1 aliphatic rings. The molecule has 2 unspecified atom stereocenters. The lowest BCUT2D eigenvalue weighted by Gasteiger charge is -2.30. The number of hydrogen-bond donors (Lipinski definition) is 2. The maximum absolute atomic E-state index is 13.3. The van der Waals surface area contributed by atoms with Gasteiger partial charge in [0, 0.05) is 17.5 Å². The van der Waals surface area contributed by atoms with Crippen LogP contribution in [-0.4, -0.2) is 59.3 Å². The third kappa shape index (κ3) is 7.64. The van der Waals surface area contributed by atoms with E-state index in [0.717, 1.165) is 5.56 Å². The van der Waals surface area contributed by atoms with Crippen molar-refractivity contribution < 1.29 is 33.8 Å². The zero-order valence-corrected chi connectivity index (χ0v) is 21.0. The molecule has 3 amide bonds. The summed E-state index contributed by atoms with van der Waals surface area (Å²) in [6, 6.07) is 14.0. The highest BCUT2D eigenvalue weighted by molar-refractivity contribution is 7.99. The minimum Gasteiger partial charge on any atom is -0.546 e. The minimum absolute atomic E-state index is 0.230. The second-order valence-electron chi connectivity index (χ2n) is 8.94. The molecular weight excluding hydrogens is 486 g/mol. The number of urea groups is 1. The van der Waals surface area contributed by atoms with Crippen LogP contribution in [-0.2, 0) is 19.1 Å². The van der Waals surface area contributed by atoms with Gasteiger partial charge in [0.1, 0.15) is 29.4 Å². The smallest absolute Gasteiger partial charge is 0.330 e. The fourth-order valence-corrected chi connectivity index (χ4v) is 4.90. The fourth-order valence-electron chi connectivity index (χ4n) is 3.47. The van der Waals surface area contributed by atoms with Crippen LogP contribution in [0.2, 0.25) is 0 Å². The van der Waals surface area contributed by atoms with Crippen molar-refractivity contribution in [3.63, 3.8) is 0 Å². The topological polar surface area (TPSA) is 137 Å². The van der Waals surface area contributed by atoms with Gasteiger partial charge in [0.15, 0.2) is 0 Å². The van der Waals surface area contributed by atoms with Crippen molar-refractivity contribution in [2.75, 3.05) is 24.2 Å². The lowest BCUT2D eigenvalue weighted by molar-refractivity contribution is -0.307. The molecule has 2 N–H and O–H groups in total.